The molecule has 8 nitrogen and oxygen atoms in total. The maximum Gasteiger partial charge on any atom is 0.366 e. The van der Waals surface area contributed by atoms with Crippen molar-refractivity contribution in [2.75, 3.05) is 40.8 Å². The smallest absolute Gasteiger partial charge is 0.366 e. The first kappa shape index (κ1) is 23.1. The van der Waals surface area contributed by atoms with Gasteiger partial charge in [-0.3, -0.25) is 0 Å². The quantitative estimate of drug-likeness (QED) is 0.182. The van der Waals surface area contributed by atoms with Crippen molar-refractivity contribution in [3.05, 3.63) is 29.8 Å². The lowest BCUT2D eigenvalue weighted by molar-refractivity contribution is -0.272. The van der Waals surface area contributed by atoms with Crippen LogP contribution in [0.5, 0.6) is 5.75 Å². The van der Waals surface area contributed by atoms with Gasteiger partial charge in [-0.15, -0.1) is 0 Å². The van der Waals surface area contributed by atoms with Crippen molar-refractivity contribution in [3.8, 4) is 5.75 Å². The molecule has 1 aliphatic rings. The zero-order valence-corrected chi connectivity index (χ0v) is 17.6. The van der Waals surface area contributed by atoms with Crippen LogP contribution < -0.4 is 4.74 Å². The summed E-state index contributed by atoms with van der Waals surface area (Å²) in [5.74, 6) is -0.784. The van der Waals surface area contributed by atoms with Crippen LogP contribution in [0.15, 0.2) is 29.4 Å². The van der Waals surface area contributed by atoms with Gasteiger partial charge in [0.15, 0.2) is 6.79 Å². The molecule has 0 spiro atoms. The number of hydrogen-bond donors (Lipinski definition) is 0. The number of methoxy groups -OCH3 is 2. The summed E-state index contributed by atoms with van der Waals surface area (Å²) in [7, 11) is 2.91. The summed E-state index contributed by atoms with van der Waals surface area (Å²) < 4.78 is 26.0. The third-order valence-electron chi connectivity index (χ3n) is 4.66. The summed E-state index contributed by atoms with van der Waals surface area (Å²) in [5, 5.41) is 4.17. The minimum absolute atomic E-state index is 0.221. The van der Waals surface area contributed by atoms with Crippen molar-refractivity contribution < 1.29 is 33.3 Å². The molecule has 2 rings (SSSR count). The van der Waals surface area contributed by atoms with Gasteiger partial charge in [-0.1, -0.05) is 5.16 Å². The van der Waals surface area contributed by atoms with E-state index in [1.807, 2.05) is 31.2 Å². The number of rotatable bonds is 11. The van der Waals surface area contributed by atoms with Gasteiger partial charge < -0.3 is 28.5 Å². The molecule has 0 aromatic heterocycles. The predicted octanol–water partition coefficient (Wildman–Crippen LogP) is 3.13. The van der Waals surface area contributed by atoms with Gasteiger partial charge in [0.1, 0.15) is 12.4 Å². The summed E-state index contributed by atoms with van der Waals surface area (Å²) in [6, 6.07) is 7.59. The molecule has 1 saturated heterocycles. The minimum Gasteiger partial charge on any atom is -0.468 e. The molecule has 1 aromatic carbocycles. The summed E-state index contributed by atoms with van der Waals surface area (Å²) in [4.78, 5) is 17.1. The Hall–Kier alpha value is -2.16. The van der Waals surface area contributed by atoms with Crippen LogP contribution in [-0.4, -0.2) is 58.3 Å². The lowest BCUT2D eigenvalue weighted by Gasteiger charge is -2.35. The Morgan fingerprint density at radius 3 is 2.48 bits per heavy atom. The van der Waals surface area contributed by atoms with Crippen LogP contribution in [0.3, 0.4) is 0 Å². The van der Waals surface area contributed by atoms with E-state index >= 15 is 0 Å². The molecule has 0 radical (unpaired) electrons. The second kappa shape index (κ2) is 11.7. The molecule has 0 bridgehead atoms. The molecular formula is C21H31NO7. The van der Waals surface area contributed by atoms with E-state index in [2.05, 4.69) is 5.16 Å². The van der Waals surface area contributed by atoms with Gasteiger partial charge in [-0.25, -0.2) is 4.79 Å². The van der Waals surface area contributed by atoms with Gasteiger partial charge in [0.2, 0.25) is 0 Å². The van der Waals surface area contributed by atoms with Gasteiger partial charge in [0, 0.05) is 20.0 Å². The molecule has 0 atom stereocenters. The topological polar surface area (TPSA) is 84.8 Å². The number of benzene rings is 1. The molecule has 0 N–H and O–H groups in total. The van der Waals surface area contributed by atoms with E-state index in [0.29, 0.717) is 19.8 Å². The Kier molecular flexibility index (Phi) is 9.37. The predicted molar refractivity (Wildman–Crippen MR) is 107 cm³/mol. The van der Waals surface area contributed by atoms with Crippen LogP contribution in [0.4, 0.5) is 0 Å². The average molecular weight is 409 g/mol. The number of hydrogen-bond acceptors (Lipinski definition) is 8. The van der Waals surface area contributed by atoms with Gasteiger partial charge in [0.25, 0.3) is 5.79 Å². The fourth-order valence-corrected chi connectivity index (χ4v) is 2.83. The molecule has 1 aromatic rings. The number of carbonyl (C=O) groups excluding carboxylic acids is 1. The molecule has 0 aliphatic carbocycles. The number of ether oxygens (including phenoxy) is 5. The van der Waals surface area contributed by atoms with E-state index in [1.165, 1.54) is 7.11 Å². The van der Waals surface area contributed by atoms with E-state index in [4.69, 9.17) is 28.5 Å². The van der Waals surface area contributed by atoms with E-state index in [9.17, 15) is 4.79 Å². The van der Waals surface area contributed by atoms with E-state index in [-0.39, 0.29) is 12.7 Å². The standard InChI is InChI=1S/C21H31NO7/c1-16(18-8-10-19(11-9-18)26-15-24-3)22-29-12-6-5-7-17-13-27-21(2,28-14-17)20(23)25-4/h8-11,17H,5-7,12-15H2,1-4H3. The maximum absolute atomic E-state index is 11.6. The van der Waals surface area contributed by atoms with Crippen LogP contribution in [0, 0.1) is 5.92 Å². The van der Waals surface area contributed by atoms with E-state index in [1.54, 1.807) is 14.0 Å². The lowest BCUT2D eigenvalue weighted by Crippen LogP contribution is -2.48. The third-order valence-corrected chi connectivity index (χ3v) is 4.66. The molecule has 162 valence electrons. The number of nitrogens with zero attached hydrogens (tertiary/aromatic N) is 1. The minimum atomic E-state index is -1.28. The van der Waals surface area contributed by atoms with Gasteiger partial charge in [-0.05, 0) is 56.0 Å². The van der Waals surface area contributed by atoms with Crippen molar-refractivity contribution in [2.45, 2.75) is 38.9 Å². The third kappa shape index (κ3) is 7.30. The monoisotopic (exact) mass is 409 g/mol. The Morgan fingerprint density at radius 2 is 1.86 bits per heavy atom. The van der Waals surface area contributed by atoms with Crippen LogP contribution >= 0.6 is 0 Å². The lowest BCUT2D eigenvalue weighted by atomic mass is 10.0. The summed E-state index contributed by atoms with van der Waals surface area (Å²) in [5.41, 5.74) is 1.78. The SMILES string of the molecule is COCOc1ccc(C(C)=NOCCCCC2COC(C)(C(=O)OC)OC2)cc1. The van der Waals surface area contributed by atoms with Crippen molar-refractivity contribution in [1.82, 2.24) is 0 Å². The van der Waals surface area contributed by atoms with Crippen molar-refractivity contribution in [1.29, 1.82) is 0 Å². The van der Waals surface area contributed by atoms with Gasteiger partial charge in [0.05, 0.1) is 26.0 Å². The summed E-state index contributed by atoms with van der Waals surface area (Å²) >= 11 is 0. The van der Waals surface area contributed by atoms with Gasteiger partial charge in [-0.2, -0.15) is 0 Å². The Morgan fingerprint density at radius 1 is 1.17 bits per heavy atom. The van der Waals surface area contributed by atoms with Crippen LogP contribution in [0.1, 0.15) is 38.7 Å². The normalized spacial score (nSPS) is 22.2. The largest absolute Gasteiger partial charge is 0.468 e. The molecule has 8 heteroatoms. The molecule has 29 heavy (non-hydrogen) atoms. The van der Waals surface area contributed by atoms with Crippen molar-refractivity contribution in [3.63, 3.8) is 0 Å². The first-order chi connectivity index (χ1) is 14.0. The highest BCUT2D eigenvalue weighted by Gasteiger charge is 2.41. The number of unbranched alkanes of at least 4 members (excludes halogenated alkanes) is 1. The summed E-state index contributed by atoms with van der Waals surface area (Å²) in [6.45, 7) is 5.21. The van der Waals surface area contributed by atoms with Gasteiger partial charge >= 0.3 is 5.97 Å². The highest BCUT2D eigenvalue weighted by molar-refractivity contribution is 5.98. The highest BCUT2D eigenvalue weighted by Crippen LogP contribution is 2.25. The first-order valence-electron chi connectivity index (χ1n) is 9.73. The molecule has 0 saturated carbocycles. The van der Waals surface area contributed by atoms with E-state index in [0.717, 1.165) is 36.3 Å². The number of oxime groups is 1. The summed E-state index contributed by atoms with van der Waals surface area (Å²) in [6.07, 6.45) is 2.78. The van der Waals surface area contributed by atoms with Crippen molar-refractivity contribution >= 4 is 11.7 Å². The maximum atomic E-state index is 11.6. The van der Waals surface area contributed by atoms with Crippen LogP contribution in [0.25, 0.3) is 0 Å². The van der Waals surface area contributed by atoms with Crippen LogP contribution in [-0.2, 0) is 28.6 Å². The number of esters is 1. The molecule has 0 unspecified atom stereocenters. The second-order valence-corrected chi connectivity index (χ2v) is 7.01. The Balaban J connectivity index is 1.61. The zero-order valence-electron chi connectivity index (χ0n) is 17.6. The molecule has 0 amide bonds. The molecular weight excluding hydrogens is 378 g/mol. The highest BCUT2D eigenvalue weighted by atomic mass is 16.7. The molecule has 1 fully saturated rings. The zero-order chi connectivity index (χ0) is 21.1. The van der Waals surface area contributed by atoms with Crippen molar-refractivity contribution in [2.24, 2.45) is 11.1 Å². The van der Waals surface area contributed by atoms with Crippen LogP contribution in [0.2, 0.25) is 0 Å². The fraction of sp³-hybridized carbons (Fsp3) is 0.619. The number of carbonyl (C=O) groups is 1. The molecule has 1 aliphatic heterocycles. The molecule has 1 heterocycles. The fourth-order valence-electron chi connectivity index (χ4n) is 2.83. The average Bonchev–Trinajstić information content (AvgIpc) is 2.75. The Bertz CT molecular complexity index is 651. The van der Waals surface area contributed by atoms with E-state index < -0.39 is 11.8 Å². The Labute approximate surface area is 172 Å². The first-order valence-corrected chi connectivity index (χ1v) is 9.73. The second-order valence-electron chi connectivity index (χ2n) is 7.01.